The van der Waals surface area contributed by atoms with Crippen molar-refractivity contribution in [1.29, 1.82) is 0 Å². The van der Waals surface area contributed by atoms with Gasteiger partial charge in [0.05, 0.1) is 16.7 Å². The number of aromatic nitrogens is 1. The van der Waals surface area contributed by atoms with Crippen molar-refractivity contribution in [2.45, 2.75) is 13.8 Å². The largest absolute Gasteiger partial charge is 0.310 e. The minimum absolute atomic E-state index is 1.13. The Labute approximate surface area is 313 Å². The minimum atomic E-state index is 1.13. The van der Waals surface area contributed by atoms with Gasteiger partial charge in [-0.25, -0.2) is 0 Å². The molecule has 3 heteroatoms. The van der Waals surface area contributed by atoms with E-state index < -0.39 is 0 Å². The van der Waals surface area contributed by atoms with Crippen LogP contribution in [0.25, 0.3) is 69.9 Å². The second-order valence-corrected chi connectivity index (χ2v) is 14.9. The fraction of sp³-hybridized carbons (Fsp3) is 0.0400. The van der Waals surface area contributed by atoms with E-state index in [1.807, 2.05) is 11.3 Å². The summed E-state index contributed by atoms with van der Waals surface area (Å²) in [5.41, 5.74) is 14.4. The minimum Gasteiger partial charge on any atom is -0.310 e. The number of aryl methyl sites for hydroxylation is 2. The van der Waals surface area contributed by atoms with Crippen molar-refractivity contribution >= 4 is 70.4 Å². The summed E-state index contributed by atoms with van der Waals surface area (Å²) in [5, 5.41) is 5.08. The molecular formula is C50H36N2S. The van der Waals surface area contributed by atoms with Gasteiger partial charge in [0.25, 0.3) is 0 Å². The maximum atomic E-state index is 2.45. The summed E-state index contributed by atoms with van der Waals surface area (Å²) < 4.78 is 5.04. The molecule has 0 spiro atoms. The molecule has 0 bridgehead atoms. The number of hydrogen-bond acceptors (Lipinski definition) is 2. The Balaban J connectivity index is 1.27. The topological polar surface area (TPSA) is 8.17 Å². The highest BCUT2D eigenvalue weighted by atomic mass is 32.1. The Morgan fingerprint density at radius 1 is 0.434 bits per heavy atom. The molecule has 2 nitrogen and oxygen atoms in total. The molecule has 0 N–H and O–H groups in total. The van der Waals surface area contributed by atoms with Crippen LogP contribution in [-0.2, 0) is 0 Å². The summed E-state index contributed by atoms with van der Waals surface area (Å²) in [4.78, 5) is 2.45. The molecule has 0 saturated carbocycles. The summed E-state index contributed by atoms with van der Waals surface area (Å²) in [6.45, 7) is 4.48. The molecule has 53 heavy (non-hydrogen) atoms. The molecule has 0 aliphatic heterocycles. The molecule has 0 aliphatic rings. The molecule has 2 heterocycles. The highest BCUT2D eigenvalue weighted by Crippen LogP contribution is 2.48. The molecule has 0 amide bonds. The smallest absolute Gasteiger partial charge is 0.0541 e. The Morgan fingerprint density at radius 2 is 1.04 bits per heavy atom. The van der Waals surface area contributed by atoms with Gasteiger partial charge in [0.15, 0.2) is 0 Å². The van der Waals surface area contributed by atoms with Gasteiger partial charge in [-0.1, -0.05) is 121 Å². The molecule has 0 fully saturated rings. The van der Waals surface area contributed by atoms with Crippen molar-refractivity contribution in [2.75, 3.05) is 4.90 Å². The zero-order chi connectivity index (χ0) is 35.5. The molecule has 8 aromatic carbocycles. The van der Waals surface area contributed by atoms with Gasteiger partial charge in [-0.3, -0.25) is 0 Å². The Bertz CT molecular complexity index is 2920. The first kappa shape index (κ1) is 31.3. The summed E-state index contributed by atoms with van der Waals surface area (Å²) in [6, 6.07) is 66.5. The van der Waals surface area contributed by atoms with Crippen molar-refractivity contribution in [3.05, 3.63) is 193 Å². The highest BCUT2D eigenvalue weighted by molar-refractivity contribution is 7.26. The molecule has 0 unspecified atom stereocenters. The lowest BCUT2D eigenvalue weighted by Gasteiger charge is -2.29. The van der Waals surface area contributed by atoms with E-state index in [0.29, 0.717) is 0 Å². The van der Waals surface area contributed by atoms with E-state index in [0.717, 1.165) is 11.4 Å². The first-order valence-electron chi connectivity index (χ1n) is 18.2. The van der Waals surface area contributed by atoms with Gasteiger partial charge in [0.2, 0.25) is 0 Å². The molecule has 252 valence electrons. The van der Waals surface area contributed by atoms with E-state index >= 15 is 0 Å². The number of rotatable bonds is 6. The highest BCUT2D eigenvalue weighted by Gasteiger charge is 2.23. The quantitative estimate of drug-likeness (QED) is 0.168. The molecular weight excluding hydrogens is 661 g/mol. The van der Waals surface area contributed by atoms with Crippen LogP contribution >= 0.6 is 11.3 Å². The summed E-state index contributed by atoms with van der Waals surface area (Å²) in [5.74, 6) is 0. The lowest BCUT2D eigenvalue weighted by molar-refractivity contribution is 1.18. The lowest BCUT2D eigenvalue weighted by atomic mass is 9.95. The molecule has 0 atom stereocenters. The number of para-hydroxylation sites is 4. The Kier molecular flexibility index (Phi) is 7.48. The number of fused-ring (bicyclic) bond motifs is 6. The van der Waals surface area contributed by atoms with Crippen LogP contribution in [0, 0.1) is 13.8 Å². The summed E-state index contributed by atoms with van der Waals surface area (Å²) in [6.07, 6.45) is 0. The van der Waals surface area contributed by atoms with Crippen LogP contribution < -0.4 is 4.90 Å². The van der Waals surface area contributed by atoms with E-state index in [9.17, 15) is 0 Å². The average molecular weight is 697 g/mol. The average Bonchev–Trinajstić information content (AvgIpc) is 3.76. The third kappa shape index (κ3) is 5.16. The van der Waals surface area contributed by atoms with Crippen LogP contribution in [-0.4, -0.2) is 4.57 Å². The summed E-state index contributed by atoms with van der Waals surface area (Å²) in [7, 11) is 0. The third-order valence-electron chi connectivity index (χ3n) is 10.6. The zero-order valence-corrected chi connectivity index (χ0v) is 30.4. The van der Waals surface area contributed by atoms with Gasteiger partial charge in [-0.05, 0) is 96.8 Å². The van der Waals surface area contributed by atoms with Crippen LogP contribution in [0.2, 0.25) is 0 Å². The van der Waals surface area contributed by atoms with E-state index in [1.165, 1.54) is 86.7 Å². The monoisotopic (exact) mass is 696 g/mol. The van der Waals surface area contributed by atoms with E-state index in [-0.39, 0.29) is 0 Å². The maximum absolute atomic E-state index is 2.45. The van der Waals surface area contributed by atoms with Crippen LogP contribution in [0.15, 0.2) is 182 Å². The third-order valence-corrected chi connectivity index (χ3v) is 11.8. The van der Waals surface area contributed by atoms with Gasteiger partial charge < -0.3 is 9.47 Å². The van der Waals surface area contributed by atoms with Crippen LogP contribution in [0.3, 0.4) is 0 Å². The molecule has 10 aromatic rings. The fourth-order valence-corrected chi connectivity index (χ4v) is 9.41. The maximum Gasteiger partial charge on any atom is 0.0541 e. The Hall–Kier alpha value is -6.42. The van der Waals surface area contributed by atoms with Crippen molar-refractivity contribution < 1.29 is 0 Å². The van der Waals surface area contributed by atoms with Gasteiger partial charge in [-0.15, -0.1) is 11.3 Å². The second-order valence-electron chi connectivity index (χ2n) is 13.8. The first-order chi connectivity index (χ1) is 26.1. The predicted molar refractivity (Wildman–Crippen MR) is 229 cm³/mol. The van der Waals surface area contributed by atoms with Crippen molar-refractivity contribution in [2.24, 2.45) is 0 Å². The van der Waals surface area contributed by atoms with E-state index in [2.05, 4.69) is 205 Å². The van der Waals surface area contributed by atoms with Crippen LogP contribution in [0.5, 0.6) is 0 Å². The van der Waals surface area contributed by atoms with Crippen molar-refractivity contribution in [3.63, 3.8) is 0 Å². The number of nitrogens with zero attached hydrogens (tertiary/aromatic N) is 2. The van der Waals surface area contributed by atoms with E-state index in [4.69, 9.17) is 0 Å². The fourth-order valence-electron chi connectivity index (χ4n) is 8.19. The molecule has 10 rings (SSSR count). The second kappa shape index (κ2) is 12.7. The molecule has 2 aromatic heterocycles. The SMILES string of the molecule is Cc1cc(N(c2ccccc2)c2cc(-c3ccccc3-n3c4ccccc4c4ccccc43)c3sc4ccccc4c3c2)c(C)cc1-c1ccccc1. The van der Waals surface area contributed by atoms with E-state index in [1.54, 1.807) is 0 Å². The van der Waals surface area contributed by atoms with Crippen LogP contribution in [0.4, 0.5) is 17.1 Å². The number of thiophene rings is 1. The first-order valence-corrected chi connectivity index (χ1v) is 19.0. The normalized spacial score (nSPS) is 11.6. The van der Waals surface area contributed by atoms with Gasteiger partial charge in [0.1, 0.15) is 0 Å². The zero-order valence-electron chi connectivity index (χ0n) is 29.6. The summed E-state index contributed by atoms with van der Waals surface area (Å²) >= 11 is 1.89. The number of benzene rings is 8. The molecule has 0 saturated heterocycles. The predicted octanol–water partition coefficient (Wildman–Crippen LogP) is 14.6. The standard InChI is InChI=1S/C50H36N2S/c1-33-30-48(34(2)29-42(33)35-17-5-3-6-18-35)51(36-19-7-4-8-20-36)37-31-43(50-44(32-37)41-24-12-16-28-49(41)53-50)40-23-11-15-27-47(40)52-45-25-13-9-21-38(45)39-22-10-14-26-46(39)52/h3-32H,1-2H3. The van der Waals surface area contributed by atoms with Crippen molar-refractivity contribution in [3.8, 4) is 27.9 Å². The number of anilines is 3. The lowest BCUT2D eigenvalue weighted by Crippen LogP contribution is -2.12. The molecule has 0 radical (unpaired) electrons. The Morgan fingerprint density at radius 3 is 1.77 bits per heavy atom. The molecule has 0 aliphatic carbocycles. The van der Waals surface area contributed by atoms with Gasteiger partial charge in [-0.2, -0.15) is 0 Å². The van der Waals surface area contributed by atoms with Crippen LogP contribution in [0.1, 0.15) is 11.1 Å². The van der Waals surface area contributed by atoms with Crippen molar-refractivity contribution in [1.82, 2.24) is 4.57 Å². The number of hydrogen-bond donors (Lipinski definition) is 0. The van der Waals surface area contributed by atoms with Gasteiger partial charge in [0, 0.05) is 59.1 Å². The van der Waals surface area contributed by atoms with Gasteiger partial charge >= 0.3 is 0 Å².